The van der Waals surface area contributed by atoms with E-state index in [2.05, 4.69) is 5.32 Å². The lowest BCUT2D eigenvalue weighted by Gasteiger charge is -2.19. The lowest BCUT2D eigenvalue weighted by molar-refractivity contribution is -0.127. The molecule has 1 aromatic carbocycles. The van der Waals surface area contributed by atoms with Crippen molar-refractivity contribution in [2.75, 3.05) is 13.1 Å². The van der Waals surface area contributed by atoms with Crippen LogP contribution in [0.15, 0.2) is 18.2 Å². The number of carbonyl (C=O) groups is 2. The topological polar surface area (TPSA) is 89.9 Å². The quantitative estimate of drug-likeness (QED) is 0.740. The summed E-state index contributed by atoms with van der Waals surface area (Å²) in [6.07, 6.45) is 3.61. The average Bonchev–Trinajstić information content (AvgIpc) is 2.67. The largest absolute Gasteiger partial charge is 0.504 e. The zero-order valence-corrected chi connectivity index (χ0v) is 11.8. The van der Waals surface area contributed by atoms with Gasteiger partial charge in [0, 0.05) is 19.5 Å². The van der Waals surface area contributed by atoms with Gasteiger partial charge < -0.3 is 15.5 Å². The highest BCUT2D eigenvalue weighted by atomic mass is 16.3. The second kappa shape index (κ2) is 6.97. The van der Waals surface area contributed by atoms with Gasteiger partial charge in [0.05, 0.1) is 0 Å². The highest BCUT2D eigenvalue weighted by Gasteiger charge is 2.22. The maximum atomic E-state index is 12.0. The fraction of sp³-hybridized carbons (Fsp3) is 0.467. The third kappa shape index (κ3) is 4.11. The molecule has 0 aromatic heterocycles. The van der Waals surface area contributed by atoms with Crippen molar-refractivity contribution in [2.24, 2.45) is 0 Å². The fourth-order valence-electron chi connectivity index (χ4n) is 2.33. The van der Waals surface area contributed by atoms with E-state index in [4.69, 9.17) is 0 Å². The zero-order chi connectivity index (χ0) is 15.2. The summed E-state index contributed by atoms with van der Waals surface area (Å²) in [5, 5.41) is 21.3. The van der Waals surface area contributed by atoms with Crippen LogP contribution in [-0.2, 0) is 11.2 Å². The van der Waals surface area contributed by atoms with E-state index >= 15 is 0 Å². The van der Waals surface area contributed by atoms with Crippen LogP contribution in [0.5, 0.6) is 11.5 Å². The number of imide groups is 1. The third-order valence-corrected chi connectivity index (χ3v) is 3.55. The molecule has 6 heteroatoms. The second-order valence-corrected chi connectivity index (χ2v) is 5.16. The molecule has 1 heterocycles. The number of nitrogens with zero attached hydrogens (tertiary/aromatic N) is 1. The van der Waals surface area contributed by atoms with Gasteiger partial charge in [0.15, 0.2) is 11.5 Å². The maximum Gasteiger partial charge on any atom is 0.324 e. The average molecular weight is 292 g/mol. The standard InChI is InChI=1S/C15H20N2O4/c18-12-6-5-11(10-13(12)19)7-8-16-15(21)17-9-3-1-2-4-14(17)20/h5-6,10,18-19H,1-4,7-9H2,(H,16,21). The Hall–Kier alpha value is -2.24. The Balaban J connectivity index is 1.83. The molecule has 2 rings (SSSR count). The van der Waals surface area contributed by atoms with Crippen molar-refractivity contribution in [3.8, 4) is 11.5 Å². The van der Waals surface area contributed by atoms with Crippen molar-refractivity contribution in [1.82, 2.24) is 10.2 Å². The molecule has 0 spiro atoms. The van der Waals surface area contributed by atoms with Crippen LogP contribution < -0.4 is 5.32 Å². The number of aromatic hydroxyl groups is 2. The predicted molar refractivity (Wildman–Crippen MR) is 77.1 cm³/mol. The molecule has 0 unspecified atom stereocenters. The van der Waals surface area contributed by atoms with Gasteiger partial charge in [-0.05, 0) is 37.0 Å². The summed E-state index contributed by atoms with van der Waals surface area (Å²) in [4.78, 5) is 25.0. The highest BCUT2D eigenvalue weighted by molar-refractivity contribution is 5.94. The van der Waals surface area contributed by atoms with Gasteiger partial charge in [0.25, 0.3) is 0 Å². The van der Waals surface area contributed by atoms with Crippen LogP contribution in [0, 0.1) is 0 Å². The number of carbonyl (C=O) groups excluding carboxylic acids is 2. The smallest absolute Gasteiger partial charge is 0.324 e. The van der Waals surface area contributed by atoms with Crippen LogP contribution in [0.3, 0.4) is 0 Å². The molecule has 3 N–H and O–H groups in total. The number of rotatable bonds is 3. The molecule has 0 radical (unpaired) electrons. The van der Waals surface area contributed by atoms with Gasteiger partial charge in [-0.3, -0.25) is 9.69 Å². The highest BCUT2D eigenvalue weighted by Crippen LogP contribution is 2.24. The number of benzene rings is 1. The van der Waals surface area contributed by atoms with Gasteiger partial charge in [-0.1, -0.05) is 12.5 Å². The first-order chi connectivity index (χ1) is 10.1. The van der Waals surface area contributed by atoms with E-state index in [1.54, 1.807) is 6.07 Å². The molecular formula is C15H20N2O4. The van der Waals surface area contributed by atoms with E-state index in [1.165, 1.54) is 17.0 Å². The Kier molecular flexibility index (Phi) is 5.03. The van der Waals surface area contributed by atoms with E-state index in [-0.39, 0.29) is 23.4 Å². The van der Waals surface area contributed by atoms with E-state index in [0.29, 0.717) is 25.9 Å². The van der Waals surface area contributed by atoms with Crippen LogP contribution in [-0.4, -0.2) is 40.1 Å². The van der Waals surface area contributed by atoms with E-state index < -0.39 is 0 Å². The molecule has 1 saturated heterocycles. The minimum atomic E-state index is -0.357. The Morgan fingerprint density at radius 3 is 2.76 bits per heavy atom. The van der Waals surface area contributed by atoms with Gasteiger partial charge in [-0.25, -0.2) is 4.79 Å². The molecule has 114 valence electrons. The number of likely N-dealkylation sites (tertiary alicyclic amines) is 1. The Morgan fingerprint density at radius 1 is 1.19 bits per heavy atom. The third-order valence-electron chi connectivity index (χ3n) is 3.55. The van der Waals surface area contributed by atoms with Crippen LogP contribution >= 0.6 is 0 Å². The first-order valence-electron chi connectivity index (χ1n) is 7.17. The molecule has 1 aromatic rings. The molecule has 21 heavy (non-hydrogen) atoms. The second-order valence-electron chi connectivity index (χ2n) is 5.16. The SMILES string of the molecule is O=C1CCCCCN1C(=O)NCCc1ccc(O)c(O)c1. The molecule has 1 aliphatic rings. The van der Waals surface area contributed by atoms with E-state index in [1.807, 2.05) is 0 Å². The lowest BCUT2D eigenvalue weighted by Crippen LogP contribution is -2.44. The van der Waals surface area contributed by atoms with Crippen LogP contribution in [0.2, 0.25) is 0 Å². The van der Waals surface area contributed by atoms with Gasteiger partial charge in [0.1, 0.15) is 0 Å². The van der Waals surface area contributed by atoms with Crippen molar-refractivity contribution in [3.63, 3.8) is 0 Å². The number of phenols is 2. The lowest BCUT2D eigenvalue weighted by atomic mass is 10.1. The molecule has 3 amide bonds. The van der Waals surface area contributed by atoms with E-state index in [0.717, 1.165) is 24.8 Å². The molecule has 6 nitrogen and oxygen atoms in total. The van der Waals surface area contributed by atoms with Crippen molar-refractivity contribution >= 4 is 11.9 Å². The van der Waals surface area contributed by atoms with Crippen molar-refractivity contribution in [2.45, 2.75) is 32.1 Å². The zero-order valence-electron chi connectivity index (χ0n) is 11.8. The summed E-state index contributed by atoms with van der Waals surface area (Å²) >= 11 is 0. The first kappa shape index (κ1) is 15.2. The predicted octanol–water partition coefficient (Wildman–Crippen LogP) is 1.75. The van der Waals surface area contributed by atoms with Gasteiger partial charge >= 0.3 is 6.03 Å². The Morgan fingerprint density at radius 2 is 2.00 bits per heavy atom. The Bertz CT molecular complexity index is 530. The van der Waals surface area contributed by atoms with Crippen molar-refractivity contribution < 1.29 is 19.8 Å². The summed E-state index contributed by atoms with van der Waals surface area (Å²) < 4.78 is 0. The Labute approximate surface area is 123 Å². The number of hydrogen-bond acceptors (Lipinski definition) is 4. The van der Waals surface area contributed by atoms with Crippen molar-refractivity contribution in [1.29, 1.82) is 0 Å². The minimum Gasteiger partial charge on any atom is -0.504 e. The molecule has 0 saturated carbocycles. The molecule has 0 aliphatic carbocycles. The number of nitrogens with one attached hydrogen (secondary N) is 1. The normalized spacial score (nSPS) is 15.6. The number of amides is 3. The molecule has 1 aliphatic heterocycles. The number of phenolic OH excluding ortho intramolecular Hbond substituents is 2. The van der Waals surface area contributed by atoms with Crippen LogP contribution in [0.1, 0.15) is 31.2 Å². The van der Waals surface area contributed by atoms with Gasteiger partial charge in [-0.15, -0.1) is 0 Å². The summed E-state index contributed by atoms with van der Waals surface area (Å²) in [6, 6.07) is 4.19. The summed E-state index contributed by atoms with van der Waals surface area (Å²) in [5.74, 6) is -0.466. The minimum absolute atomic E-state index is 0.118. The van der Waals surface area contributed by atoms with Gasteiger partial charge in [0.2, 0.25) is 5.91 Å². The summed E-state index contributed by atoms with van der Waals surface area (Å²) in [5.41, 5.74) is 0.799. The monoisotopic (exact) mass is 292 g/mol. The number of urea groups is 1. The summed E-state index contributed by atoms with van der Waals surface area (Å²) in [6.45, 7) is 0.845. The summed E-state index contributed by atoms with van der Waals surface area (Å²) in [7, 11) is 0. The van der Waals surface area contributed by atoms with Crippen LogP contribution in [0.4, 0.5) is 4.79 Å². The maximum absolute atomic E-state index is 12.0. The fourth-order valence-corrected chi connectivity index (χ4v) is 2.33. The van der Waals surface area contributed by atoms with Crippen molar-refractivity contribution in [3.05, 3.63) is 23.8 Å². The van der Waals surface area contributed by atoms with Crippen LogP contribution in [0.25, 0.3) is 0 Å². The molecule has 0 atom stereocenters. The first-order valence-corrected chi connectivity index (χ1v) is 7.17. The molecule has 1 fully saturated rings. The molecular weight excluding hydrogens is 272 g/mol. The van der Waals surface area contributed by atoms with Gasteiger partial charge in [-0.2, -0.15) is 0 Å². The number of hydrogen-bond donors (Lipinski definition) is 3. The van der Waals surface area contributed by atoms with E-state index in [9.17, 15) is 19.8 Å². The molecule has 0 bridgehead atoms.